The van der Waals surface area contributed by atoms with E-state index in [1.165, 1.54) is 5.56 Å². The summed E-state index contributed by atoms with van der Waals surface area (Å²) in [6.07, 6.45) is 1.81. The first kappa shape index (κ1) is 22.6. The second kappa shape index (κ2) is 9.22. The van der Waals surface area contributed by atoms with Crippen molar-refractivity contribution >= 4 is 39.4 Å². The summed E-state index contributed by atoms with van der Waals surface area (Å²) in [6, 6.07) is 29.6. The van der Waals surface area contributed by atoms with Crippen molar-refractivity contribution in [2.24, 2.45) is 4.99 Å². The average Bonchev–Trinajstić information content (AvgIpc) is 3.17. The number of fused-ring (bicyclic) bond motifs is 1. The van der Waals surface area contributed by atoms with Gasteiger partial charge in [0.15, 0.2) is 0 Å². The van der Waals surface area contributed by atoms with Crippen LogP contribution in [0, 0.1) is 10.1 Å². The van der Waals surface area contributed by atoms with Gasteiger partial charge in [0.05, 0.1) is 15.8 Å². The molecule has 6 heteroatoms. The number of hydrogen-bond acceptors (Lipinski definition) is 5. The molecule has 1 heterocycles. The van der Waals surface area contributed by atoms with E-state index in [9.17, 15) is 10.1 Å². The maximum atomic E-state index is 11.9. The van der Waals surface area contributed by atoms with Crippen molar-refractivity contribution < 1.29 is 4.92 Å². The van der Waals surface area contributed by atoms with Crippen molar-refractivity contribution in [3.63, 3.8) is 0 Å². The van der Waals surface area contributed by atoms with Crippen LogP contribution in [0.15, 0.2) is 96.0 Å². The SMILES string of the molecule is CC1(C)CN(c2ccc(Nc3ccc4ccccc4c3[N+](=O)[O-])cc2)C(CCc2ccccc2)=N1. The van der Waals surface area contributed by atoms with Crippen LogP contribution in [-0.4, -0.2) is 22.8 Å². The molecule has 0 amide bonds. The van der Waals surface area contributed by atoms with Crippen molar-refractivity contribution in [2.75, 3.05) is 16.8 Å². The maximum Gasteiger partial charge on any atom is 0.300 e. The summed E-state index contributed by atoms with van der Waals surface area (Å²) >= 11 is 0. The zero-order valence-electron chi connectivity index (χ0n) is 19.9. The molecule has 5 rings (SSSR count). The van der Waals surface area contributed by atoms with Gasteiger partial charge >= 0.3 is 0 Å². The van der Waals surface area contributed by atoms with E-state index in [4.69, 9.17) is 4.99 Å². The number of aliphatic imine (C=N–C) groups is 1. The van der Waals surface area contributed by atoms with E-state index >= 15 is 0 Å². The zero-order chi connectivity index (χ0) is 24.4. The van der Waals surface area contributed by atoms with Crippen LogP contribution in [-0.2, 0) is 6.42 Å². The molecule has 6 nitrogen and oxygen atoms in total. The number of nitro groups is 1. The highest BCUT2D eigenvalue weighted by Crippen LogP contribution is 2.36. The standard InChI is InChI=1S/C29H28N4O2/c1-29(2)20-32(27(31-29)19-12-21-8-4-3-5-9-21)24-16-14-23(15-17-24)30-26-18-13-22-10-6-7-11-25(22)28(26)33(34)35/h3-11,13-18,30H,12,19-20H2,1-2H3. The van der Waals surface area contributed by atoms with E-state index in [0.29, 0.717) is 11.1 Å². The van der Waals surface area contributed by atoms with Gasteiger partial charge in [0.1, 0.15) is 11.5 Å². The van der Waals surface area contributed by atoms with Crippen molar-refractivity contribution in [2.45, 2.75) is 32.2 Å². The van der Waals surface area contributed by atoms with Crippen molar-refractivity contribution in [1.29, 1.82) is 0 Å². The Morgan fingerprint density at radius 3 is 2.37 bits per heavy atom. The third-order valence-corrected chi connectivity index (χ3v) is 6.31. The number of aryl methyl sites for hydroxylation is 1. The molecule has 1 N–H and O–H groups in total. The van der Waals surface area contributed by atoms with Gasteiger partial charge in [-0.2, -0.15) is 0 Å². The summed E-state index contributed by atoms with van der Waals surface area (Å²) in [5.74, 6) is 1.09. The molecule has 0 bridgehead atoms. The highest BCUT2D eigenvalue weighted by molar-refractivity contribution is 6.00. The second-order valence-electron chi connectivity index (χ2n) is 9.52. The monoisotopic (exact) mass is 464 g/mol. The fraction of sp³-hybridized carbons (Fsp3) is 0.207. The number of benzene rings is 4. The molecule has 0 saturated carbocycles. The van der Waals surface area contributed by atoms with Gasteiger partial charge in [-0.05, 0) is 67.6 Å². The molecule has 1 aliphatic rings. The Morgan fingerprint density at radius 2 is 1.63 bits per heavy atom. The predicted molar refractivity (Wildman–Crippen MR) is 144 cm³/mol. The minimum Gasteiger partial charge on any atom is -0.350 e. The van der Waals surface area contributed by atoms with Gasteiger partial charge in [0.25, 0.3) is 5.69 Å². The van der Waals surface area contributed by atoms with Crippen LogP contribution in [0.4, 0.5) is 22.7 Å². The summed E-state index contributed by atoms with van der Waals surface area (Å²) in [7, 11) is 0. The van der Waals surface area contributed by atoms with Gasteiger partial charge in [-0.25, -0.2) is 0 Å². The van der Waals surface area contributed by atoms with Crippen LogP contribution in [0.1, 0.15) is 25.8 Å². The van der Waals surface area contributed by atoms with Gasteiger partial charge in [0.2, 0.25) is 0 Å². The number of amidine groups is 1. The summed E-state index contributed by atoms with van der Waals surface area (Å²) in [5.41, 5.74) is 3.60. The van der Waals surface area contributed by atoms with Crippen molar-refractivity contribution in [1.82, 2.24) is 0 Å². The molecule has 176 valence electrons. The minimum atomic E-state index is -0.319. The van der Waals surface area contributed by atoms with E-state index in [1.807, 2.05) is 42.5 Å². The molecule has 35 heavy (non-hydrogen) atoms. The van der Waals surface area contributed by atoms with Gasteiger partial charge in [-0.1, -0.05) is 54.6 Å². The van der Waals surface area contributed by atoms with E-state index in [-0.39, 0.29) is 16.1 Å². The Kier molecular flexibility index (Phi) is 5.95. The smallest absolute Gasteiger partial charge is 0.300 e. The fourth-order valence-corrected chi connectivity index (χ4v) is 4.69. The molecular weight excluding hydrogens is 436 g/mol. The lowest BCUT2D eigenvalue weighted by Gasteiger charge is -2.23. The second-order valence-corrected chi connectivity index (χ2v) is 9.52. The lowest BCUT2D eigenvalue weighted by Crippen LogP contribution is -2.32. The summed E-state index contributed by atoms with van der Waals surface area (Å²) in [5, 5.41) is 16.6. The van der Waals surface area contributed by atoms with Gasteiger partial charge in [-0.3, -0.25) is 15.1 Å². The Balaban J connectivity index is 1.36. The van der Waals surface area contributed by atoms with E-state index in [1.54, 1.807) is 12.1 Å². The van der Waals surface area contributed by atoms with Crippen LogP contribution in [0.25, 0.3) is 10.8 Å². The Bertz CT molecular complexity index is 1400. The van der Waals surface area contributed by atoms with E-state index < -0.39 is 0 Å². The first-order valence-electron chi connectivity index (χ1n) is 11.8. The molecule has 0 aromatic heterocycles. The summed E-state index contributed by atoms with van der Waals surface area (Å²) in [6.45, 7) is 5.13. The van der Waals surface area contributed by atoms with Crippen LogP contribution < -0.4 is 10.2 Å². The van der Waals surface area contributed by atoms with Gasteiger partial charge < -0.3 is 10.2 Å². The molecule has 0 fully saturated rings. The molecule has 4 aromatic rings. The molecule has 0 saturated heterocycles. The van der Waals surface area contributed by atoms with Crippen LogP contribution in [0.2, 0.25) is 0 Å². The van der Waals surface area contributed by atoms with E-state index in [2.05, 4.69) is 60.5 Å². The lowest BCUT2D eigenvalue weighted by molar-refractivity contribution is -0.382. The molecule has 0 radical (unpaired) electrons. The number of hydrogen-bond donors (Lipinski definition) is 1. The Morgan fingerprint density at radius 1 is 0.914 bits per heavy atom. The zero-order valence-corrected chi connectivity index (χ0v) is 19.9. The van der Waals surface area contributed by atoms with Crippen molar-refractivity contribution in [3.05, 3.63) is 107 Å². The normalized spacial score (nSPS) is 14.7. The summed E-state index contributed by atoms with van der Waals surface area (Å²) in [4.78, 5) is 18.8. The number of nitrogens with zero attached hydrogens (tertiary/aromatic N) is 3. The number of anilines is 3. The Labute approximate surface area is 205 Å². The molecule has 1 aliphatic heterocycles. The van der Waals surface area contributed by atoms with Crippen LogP contribution in [0.3, 0.4) is 0 Å². The van der Waals surface area contributed by atoms with Crippen LogP contribution >= 0.6 is 0 Å². The van der Waals surface area contributed by atoms with Crippen LogP contribution in [0.5, 0.6) is 0 Å². The quantitative estimate of drug-likeness (QED) is 0.233. The lowest BCUT2D eigenvalue weighted by atomic mass is 10.1. The highest BCUT2D eigenvalue weighted by atomic mass is 16.6. The molecule has 0 aliphatic carbocycles. The fourth-order valence-electron chi connectivity index (χ4n) is 4.69. The summed E-state index contributed by atoms with van der Waals surface area (Å²) < 4.78 is 0. The van der Waals surface area contributed by atoms with Gasteiger partial charge in [-0.15, -0.1) is 0 Å². The largest absolute Gasteiger partial charge is 0.350 e. The van der Waals surface area contributed by atoms with Crippen molar-refractivity contribution in [3.8, 4) is 0 Å². The Hall–Kier alpha value is -4.19. The highest BCUT2D eigenvalue weighted by Gasteiger charge is 2.31. The first-order valence-corrected chi connectivity index (χ1v) is 11.8. The van der Waals surface area contributed by atoms with E-state index in [0.717, 1.165) is 42.0 Å². The molecular formula is C29H28N4O2. The molecule has 0 unspecified atom stereocenters. The van der Waals surface area contributed by atoms with Gasteiger partial charge in [0, 0.05) is 24.3 Å². The number of nitrogens with one attached hydrogen (secondary N) is 1. The predicted octanol–water partition coefficient (Wildman–Crippen LogP) is 7.12. The third kappa shape index (κ3) is 4.87. The number of nitro benzene ring substituents is 1. The third-order valence-electron chi connectivity index (χ3n) is 6.31. The number of rotatable bonds is 7. The first-order chi connectivity index (χ1) is 16.9. The topological polar surface area (TPSA) is 70.8 Å². The maximum absolute atomic E-state index is 11.9. The molecule has 0 atom stereocenters. The molecule has 4 aromatic carbocycles. The molecule has 0 spiro atoms. The minimum absolute atomic E-state index is 0.0869. The average molecular weight is 465 g/mol.